The maximum absolute atomic E-state index is 14.0. The van der Waals surface area contributed by atoms with Crippen molar-refractivity contribution in [1.82, 2.24) is 25.2 Å². The molecule has 0 spiro atoms. The van der Waals surface area contributed by atoms with Crippen molar-refractivity contribution in [3.63, 3.8) is 0 Å². The zero-order chi connectivity index (χ0) is 32.7. The number of aromatic nitrogens is 1. The van der Waals surface area contributed by atoms with Gasteiger partial charge in [-0.05, 0) is 38.3 Å². The van der Waals surface area contributed by atoms with Crippen molar-refractivity contribution >= 4 is 46.9 Å². The van der Waals surface area contributed by atoms with Gasteiger partial charge in [0.15, 0.2) is 11.8 Å². The molecule has 0 aliphatic carbocycles. The molecule has 2 saturated heterocycles. The molecule has 0 saturated carbocycles. The summed E-state index contributed by atoms with van der Waals surface area (Å²) in [6.07, 6.45) is 2.63. The number of carbonyl (C=O) groups is 6. The number of carbonyl (C=O) groups excluding carboxylic acids is 6. The van der Waals surface area contributed by atoms with E-state index in [0.717, 1.165) is 37.1 Å². The van der Waals surface area contributed by atoms with E-state index in [9.17, 15) is 28.8 Å². The Morgan fingerprint density at radius 3 is 2.36 bits per heavy atom. The Bertz CT molecular complexity index is 1220. The van der Waals surface area contributed by atoms with Crippen molar-refractivity contribution in [2.45, 2.75) is 104 Å². The third-order valence-electron chi connectivity index (χ3n) is 8.41. The quantitative estimate of drug-likeness (QED) is 0.253. The van der Waals surface area contributed by atoms with E-state index in [2.05, 4.69) is 10.3 Å². The van der Waals surface area contributed by atoms with Crippen LogP contribution in [0.2, 0.25) is 0 Å². The summed E-state index contributed by atoms with van der Waals surface area (Å²) in [5.74, 6) is -3.37. The number of hydroxylamine groups is 2. The molecule has 244 valence electrons. The van der Waals surface area contributed by atoms with Crippen LogP contribution >= 0.6 is 11.3 Å². The number of nitrogens with one attached hydrogen (secondary N) is 1. The lowest BCUT2D eigenvalue weighted by molar-refractivity contribution is -0.172. The highest BCUT2D eigenvalue weighted by Crippen LogP contribution is 2.31. The molecule has 0 aromatic carbocycles. The summed E-state index contributed by atoms with van der Waals surface area (Å²) >= 11 is 1.06. The van der Waals surface area contributed by atoms with Gasteiger partial charge in [0.25, 0.3) is 11.8 Å². The third-order valence-corrected chi connectivity index (χ3v) is 9.35. The molecule has 0 bridgehead atoms. The number of piperidine rings is 1. The molecule has 1 N–H and O–H groups in total. The topological polar surface area (TPSA) is 156 Å². The number of imide groups is 1. The molecular weight excluding hydrogens is 590 g/mol. The van der Waals surface area contributed by atoms with Crippen LogP contribution in [0.3, 0.4) is 0 Å². The normalized spacial score (nSPS) is 20.2. The van der Waals surface area contributed by atoms with E-state index >= 15 is 0 Å². The molecule has 1 aromatic heterocycles. The van der Waals surface area contributed by atoms with Gasteiger partial charge in [0.1, 0.15) is 11.0 Å². The lowest BCUT2D eigenvalue weighted by atomic mass is 9.92. The van der Waals surface area contributed by atoms with Gasteiger partial charge in [-0.15, -0.1) is 16.4 Å². The Morgan fingerprint density at radius 2 is 1.80 bits per heavy atom. The van der Waals surface area contributed by atoms with E-state index in [-0.39, 0.29) is 54.6 Å². The number of amides is 4. The highest BCUT2D eigenvalue weighted by molar-refractivity contribution is 7.09. The predicted molar refractivity (Wildman–Crippen MR) is 161 cm³/mol. The van der Waals surface area contributed by atoms with Gasteiger partial charge in [-0.1, -0.05) is 40.5 Å². The summed E-state index contributed by atoms with van der Waals surface area (Å²) in [5.41, 5.74) is -0.146. The van der Waals surface area contributed by atoms with Crippen molar-refractivity contribution in [3.05, 3.63) is 16.1 Å². The minimum Gasteiger partial charge on any atom is -0.455 e. The molecule has 1 aromatic rings. The van der Waals surface area contributed by atoms with Gasteiger partial charge in [-0.2, -0.15) is 0 Å². The largest absolute Gasteiger partial charge is 0.455 e. The average Bonchev–Trinajstić information content (AvgIpc) is 3.59. The third kappa shape index (κ3) is 8.62. The summed E-state index contributed by atoms with van der Waals surface area (Å²) in [6, 6.07) is -1.44. The van der Waals surface area contributed by atoms with E-state index in [1.165, 1.54) is 12.3 Å². The molecule has 5 atom stereocenters. The van der Waals surface area contributed by atoms with E-state index < -0.39 is 41.9 Å². The van der Waals surface area contributed by atoms with Crippen LogP contribution in [0.1, 0.15) is 101 Å². The summed E-state index contributed by atoms with van der Waals surface area (Å²) in [4.78, 5) is 88.6. The SMILES string of the molecule is CC[C@H](C)[C@H](NC(=O)[C@H]1CCCCN1C)C(=O)N(C)[C@H](C[C@@H](OC(C)=O)c1nc(C(=O)ON2C(=O)CCC2=O)cs1)C(C)C. The maximum atomic E-state index is 14.0. The molecule has 13 nitrogen and oxygen atoms in total. The number of hydrogen-bond donors (Lipinski definition) is 1. The number of hydrogen-bond acceptors (Lipinski definition) is 11. The van der Waals surface area contributed by atoms with E-state index in [4.69, 9.17) is 9.57 Å². The fourth-order valence-electron chi connectivity index (χ4n) is 5.54. The van der Waals surface area contributed by atoms with Gasteiger partial charge in [-0.25, -0.2) is 9.78 Å². The van der Waals surface area contributed by atoms with Crippen LogP contribution in [0.4, 0.5) is 0 Å². The van der Waals surface area contributed by atoms with Crippen molar-refractivity contribution in [2.75, 3.05) is 20.6 Å². The zero-order valence-corrected chi connectivity index (χ0v) is 27.5. The molecule has 2 fully saturated rings. The minimum absolute atomic E-state index is 0.0367. The van der Waals surface area contributed by atoms with Crippen LogP contribution in [-0.2, 0) is 33.5 Å². The molecular formula is C30H45N5O8S. The van der Waals surface area contributed by atoms with Crippen molar-refractivity contribution in [1.29, 1.82) is 0 Å². The highest BCUT2D eigenvalue weighted by atomic mass is 32.1. The van der Waals surface area contributed by atoms with Crippen LogP contribution in [-0.4, -0.2) is 94.2 Å². The minimum atomic E-state index is -0.985. The maximum Gasteiger partial charge on any atom is 0.382 e. The van der Waals surface area contributed by atoms with Crippen LogP contribution in [0.5, 0.6) is 0 Å². The van der Waals surface area contributed by atoms with E-state index in [1.54, 1.807) is 11.9 Å². The van der Waals surface area contributed by atoms with E-state index in [0.29, 0.717) is 16.5 Å². The molecule has 3 heterocycles. The molecule has 14 heteroatoms. The number of likely N-dealkylation sites (N-methyl/N-ethyl adjacent to an activating group) is 2. The van der Waals surface area contributed by atoms with Gasteiger partial charge < -0.3 is 19.8 Å². The molecule has 44 heavy (non-hydrogen) atoms. The summed E-state index contributed by atoms with van der Waals surface area (Å²) in [5, 5.41) is 5.18. The number of nitrogens with zero attached hydrogens (tertiary/aromatic N) is 4. The zero-order valence-electron chi connectivity index (χ0n) is 26.7. The standard InChI is InChI=1S/C30H45N5O8S/c1-8-18(4)26(32-27(39)21-11-9-10-14-33(21)6)29(40)34(7)22(17(2)3)15-23(42-19(5)36)28-31-20(16-44-28)30(41)43-35-24(37)12-13-25(35)38/h16-18,21-23,26H,8-15H2,1-7H3,(H,32,39)/t18-,21+,22+,23+,26-/m0/s1. The summed E-state index contributed by atoms with van der Waals surface area (Å²) in [6.45, 7) is 9.89. The first-order valence-corrected chi connectivity index (χ1v) is 16.1. The van der Waals surface area contributed by atoms with Crippen LogP contribution in [0.25, 0.3) is 0 Å². The molecule has 0 unspecified atom stereocenters. The van der Waals surface area contributed by atoms with Gasteiger partial charge >= 0.3 is 11.9 Å². The Labute approximate surface area is 262 Å². The number of ether oxygens (including phenoxy) is 1. The second-order valence-electron chi connectivity index (χ2n) is 12.0. The van der Waals surface area contributed by atoms with E-state index in [1.807, 2.05) is 39.6 Å². The van der Waals surface area contributed by atoms with Gasteiger partial charge in [0, 0.05) is 44.7 Å². The molecule has 4 amide bonds. The first kappa shape index (κ1) is 35.1. The van der Waals surface area contributed by atoms with Crippen molar-refractivity contribution < 1.29 is 38.3 Å². The number of rotatable bonds is 13. The monoisotopic (exact) mass is 635 g/mol. The van der Waals surface area contributed by atoms with Gasteiger partial charge in [0.2, 0.25) is 11.8 Å². The highest BCUT2D eigenvalue weighted by Gasteiger charge is 2.38. The lowest BCUT2D eigenvalue weighted by Gasteiger charge is -2.38. The fourth-order valence-corrected chi connectivity index (χ4v) is 6.36. The van der Waals surface area contributed by atoms with Gasteiger partial charge in [0.05, 0.1) is 6.04 Å². The molecule has 2 aliphatic rings. The average molecular weight is 636 g/mol. The second-order valence-corrected chi connectivity index (χ2v) is 12.9. The van der Waals surface area contributed by atoms with Crippen LogP contribution in [0.15, 0.2) is 5.38 Å². The van der Waals surface area contributed by atoms with Crippen LogP contribution < -0.4 is 5.32 Å². The van der Waals surface area contributed by atoms with Crippen molar-refractivity contribution in [2.24, 2.45) is 11.8 Å². The Kier molecular flexibility index (Phi) is 12.4. The lowest BCUT2D eigenvalue weighted by Crippen LogP contribution is -2.58. The second kappa shape index (κ2) is 15.6. The Balaban J connectivity index is 1.79. The first-order chi connectivity index (χ1) is 20.7. The number of likely N-dealkylation sites (tertiary alicyclic amines) is 1. The smallest absolute Gasteiger partial charge is 0.382 e. The first-order valence-electron chi connectivity index (χ1n) is 15.2. The molecule has 2 aliphatic heterocycles. The predicted octanol–water partition coefficient (Wildman–Crippen LogP) is 2.86. The van der Waals surface area contributed by atoms with Crippen molar-refractivity contribution in [3.8, 4) is 0 Å². The Morgan fingerprint density at radius 1 is 1.14 bits per heavy atom. The fraction of sp³-hybridized carbons (Fsp3) is 0.700. The molecule has 0 radical (unpaired) electrons. The summed E-state index contributed by atoms with van der Waals surface area (Å²) < 4.78 is 5.62. The number of esters is 1. The van der Waals surface area contributed by atoms with Crippen LogP contribution in [0, 0.1) is 11.8 Å². The summed E-state index contributed by atoms with van der Waals surface area (Å²) in [7, 11) is 3.61. The van der Waals surface area contributed by atoms with Gasteiger partial charge in [-0.3, -0.25) is 28.9 Å². The molecule has 3 rings (SSSR count). The Hall–Kier alpha value is -3.39. The number of thiazole rings is 1.